The summed E-state index contributed by atoms with van der Waals surface area (Å²) in [6.45, 7) is 4.52. The van der Waals surface area contributed by atoms with Crippen LogP contribution in [0.5, 0.6) is 0 Å². The van der Waals surface area contributed by atoms with Crippen molar-refractivity contribution >= 4 is 5.97 Å². The monoisotopic (exact) mass is 227 g/mol. The Morgan fingerprint density at radius 1 is 1.44 bits per heavy atom. The molecular weight excluding hydrogens is 206 g/mol. The Hall–Kier alpha value is -0.610. The molecule has 2 rings (SSSR count). The number of hydrogen-bond acceptors (Lipinski definition) is 4. The van der Waals surface area contributed by atoms with E-state index in [1.165, 1.54) is 12.8 Å². The van der Waals surface area contributed by atoms with Gasteiger partial charge in [-0.2, -0.15) is 0 Å². The predicted molar refractivity (Wildman–Crippen MR) is 60.2 cm³/mol. The van der Waals surface area contributed by atoms with Crippen molar-refractivity contribution in [2.45, 2.75) is 44.8 Å². The normalized spacial score (nSPS) is 25.0. The summed E-state index contributed by atoms with van der Waals surface area (Å²) >= 11 is 0. The van der Waals surface area contributed by atoms with Gasteiger partial charge in [0.15, 0.2) is 0 Å². The lowest BCUT2D eigenvalue weighted by atomic mass is 10.2. The first-order valence-electron chi connectivity index (χ1n) is 6.31. The van der Waals surface area contributed by atoms with E-state index in [4.69, 9.17) is 9.47 Å². The van der Waals surface area contributed by atoms with Gasteiger partial charge in [-0.25, -0.2) is 0 Å². The molecule has 0 aromatic rings. The van der Waals surface area contributed by atoms with Crippen molar-refractivity contribution in [1.29, 1.82) is 0 Å². The third-order valence-electron chi connectivity index (χ3n) is 3.16. The Bertz CT molecular complexity index is 234. The Balaban J connectivity index is 1.77. The van der Waals surface area contributed by atoms with Crippen LogP contribution in [0, 0.1) is 0 Å². The fraction of sp³-hybridized carbons (Fsp3) is 0.917. The molecule has 0 amide bonds. The standard InChI is InChI=1S/C12H21NO3/c1-2-15-12(14)9-13(10-5-6-10)8-11-4-3-7-16-11/h10-11H,2-9H2,1H3. The molecule has 0 bridgehead atoms. The van der Waals surface area contributed by atoms with Crippen LogP contribution in [0.15, 0.2) is 0 Å². The fourth-order valence-corrected chi connectivity index (χ4v) is 2.20. The van der Waals surface area contributed by atoms with Gasteiger partial charge >= 0.3 is 5.97 Å². The molecule has 1 heterocycles. The Morgan fingerprint density at radius 3 is 2.81 bits per heavy atom. The van der Waals surface area contributed by atoms with Crippen LogP contribution in [-0.2, 0) is 14.3 Å². The first-order valence-corrected chi connectivity index (χ1v) is 6.31. The van der Waals surface area contributed by atoms with Gasteiger partial charge in [-0.3, -0.25) is 9.69 Å². The maximum atomic E-state index is 11.5. The minimum absolute atomic E-state index is 0.104. The average Bonchev–Trinajstić information content (AvgIpc) is 2.98. The zero-order chi connectivity index (χ0) is 11.4. The van der Waals surface area contributed by atoms with Crippen molar-refractivity contribution in [3.63, 3.8) is 0 Å². The summed E-state index contributed by atoms with van der Waals surface area (Å²) in [6.07, 6.45) is 5.04. The van der Waals surface area contributed by atoms with Crippen LogP contribution in [0.1, 0.15) is 32.6 Å². The summed E-state index contributed by atoms with van der Waals surface area (Å²) in [7, 11) is 0. The maximum Gasteiger partial charge on any atom is 0.320 e. The van der Waals surface area contributed by atoms with Gasteiger partial charge in [0.25, 0.3) is 0 Å². The molecule has 0 spiro atoms. The molecule has 0 radical (unpaired) electrons. The second-order valence-corrected chi connectivity index (χ2v) is 4.60. The van der Waals surface area contributed by atoms with E-state index in [1.807, 2.05) is 6.92 Å². The van der Waals surface area contributed by atoms with Crippen molar-refractivity contribution in [2.75, 3.05) is 26.3 Å². The molecule has 2 fully saturated rings. The van der Waals surface area contributed by atoms with Crippen molar-refractivity contribution in [3.05, 3.63) is 0 Å². The van der Waals surface area contributed by atoms with E-state index in [9.17, 15) is 4.79 Å². The molecule has 1 unspecified atom stereocenters. The molecule has 1 aliphatic heterocycles. The van der Waals surface area contributed by atoms with Crippen LogP contribution in [0.4, 0.5) is 0 Å². The zero-order valence-corrected chi connectivity index (χ0v) is 9.98. The van der Waals surface area contributed by atoms with Crippen LogP contribution >= 0.6 is 0 Å². The van der Waals surface area contributed by atoms with Gasteiger partial charge in [0, 0.05) is 19.2 Å². The second-order valence-electron chi connectivity index (χ2n) is 4.60. The molecule has 1 saturated heterocycles. The molecule has 2 aliphatic rings. The van der Waals surface area contributed by atoms with Crippen LogP contribution in [0.25, 0.3) is 0 Å². The minimum Gasteiger partial charge on any atom is -0.465 e. The summed E-state index contributed by atoms with van der Waals surface area (Å²) in [4.78, 5) is 13.7. The van der Waals surface area contributed by atoms with Crippen molar-refractivity contribution in [3.8, 4) is 0 Å². The number of carbonyl (C=O) groups excluding carboxylic acids is 1. The van der Waals surface area contributed by atoms with Gasteiger partial charge in [0.2, 0.25) is 0 Å². The van der Waals surface area contributed by atoms with Gasteiger partial charge in [-0.05, 0) is 32.6 Å². The van der Waals surface area contributed by atoms with Crippen LogP contribution in [0.3, 0.4) is 0 Å². The molecule has 0 N–H and O–H groups in total. The second kappa shape index (κ2) is 5.64. The summed E-state index contributed by atoms with van der Waals surface area (Å²) in [5, 5.41) is 0. The van der Waals surface area contributed by atoms with Crippen molar-refractivity contribution in [2.24, 2.45) is 0 Å². The van der Waals surface area contributed by atoms with E-state index in [0.717, 1.165) is 26.0 Å². The minimum atomic E-state index is -0.104. The first-order chi connectivity index (χ1) is 7.79. The van der Waals surface area contributed by atoms with Gasteiger partial charge in [-0.15, -0.1) is 0 Å². The molecule has 4 nitrogen and oxygen atoms in total. The van der Waals surface area contributed by atoms with Crippen LogP contribution in [0.2, 0.25) is 0 Å². The van der Waals surface area contributed by atoms with Gasteiger partial charge < -0.3 is 9.47 Å². The van der Waals surface area contributed by atoms with Crippen molar-refractivity contribution in [1.82, 2.24) is 4.90 Å². The molecule has 1 aliphatic carbocycles. The number of ether oxygens (including phenoxy) is 2. The third kappa shape index (κ3) is 3.46. The van der Waals surface area contributed by atoms with E-state index >= 15 is 0 Å². The van der Waals surface area contributed by atoms with Crippen LogP contribution < -0.4 is 0 Å². The first kappa shape index (κ1) is 11.9. The summed E-state index contributed by atoms with van der Waals surface area (Å²) in [5.41, 5.74) is 0. The third-order valence-corrected chi connectivity index (χ3v) is 3.16. The number of nitrogens with zero attached hydrogens (tertiary/aromatic N) is 1. The SMILES string of the molecule is CCOC(=O)CN(CC1CCCO1)C1CC1. The lowest BCUT2D eigenvalue weighted by molar-refractivity contribution is -0.144. The molecule has 16 heavy (non-hydrogen) atoms. The lowest BCUT2D eigenvalue weighted by Crippen LogP contribution is -2.38. The molecule has 92 valence electrons. The number of hydrogen-bond donors (Lipinski definition) is 0. The van der Waals surface area contributed by atoms with E-state index in [-0.39, 0.29) is 5.97 Å². The van der Waals surface area contributed by atoms with E-state index in [1.54, 1.807) is 0 Å². The highest BCUT2D eigenvalue weighted by atomic mass is 16.5. The van der Waals surface area contributed by atoms with E-state index < -0.39 is 0 Å². The van der Waals surface area contributed by atoms with Crippen LogP contribution in [-0.4, -0.2) is 49.3 Å². The zero-order valence-electron chi connectivity index (χ0n) is 9.98. The topological polar surface area (TPSA) is 38.8 Å². The van der Waals surface area contributed by atoms with Crippen molar-refractivity contribution < 1.29 is 14.3 Å². The molecule has 0 aromatic carbocycles. The van der Waals surface area contributed by atoms with E-state index in [2.05, 4.69) is 4.90 Å². The lowest BCUT2D eigenvalue weighted by Gasteiger charge is -2.23. The highest BCUT2D eigenvalue weighted by molar-refractivity contribution is 5.71. The van der Waals surface area contributed by atoms with Gasteiger partial charge in [0.05, 0.1) is 19.3 Å². The highest BCUT2D eigenvalue weighted by Crippen LogP contribution is 2.28. The molecule has 1 saturated carbocycles. The Kier molecular flexibility index (Phi) is 4.18. The fourth-order valence-electron chi connectivity index (χ4n) is 2.20. The molecule has 0 aromatic heterocycles. The quantitative estimate of drug-likeness (QED) is 0.639. The number of esters is 1. The van der Waals surface area contributed by atoms with Gasteiger partial charge in [-0.1, -0.05) is 0 Å². The average molecular weight is 227 g/mol. The predicted octanol–water partition coefficient (Wildman–Crippen LogP) is 1.19. The molecule has 1 atom stereocenters. The molecular formula is C12H21NO3. The Morgan fingerprint density at radius 2 is 2.25 bits per heavy atom. The summed E-state index contributed by atoms with van der Waals surface area (Å²) in [5.74, 6) is -0.104. The summed E-state index contributed by atoms with van der Waals surface area (Å²) < 4.78 is 10.6. The van der Waals surface area contributed by atoms with E-state index in [0.29, 0.717) is 25.3 Å². The largest absolute Gasteiger partial charge is 0.465 e. The maximum absolute atomic E-state index is 11.5. The highest BCUT2D eigenvalue weighted by Gasteiger charge is 2.33. The van der Waals surface area contributed by atoms with Gasteiger partial charge in [0.1, 0.15) is 0 Å². The number of carbonyl (C=O) groups is 1. The Labute approximate surface area is 96.9 Å². The molecule has 4 heteroatoms. The number of rotatable bonds is 6. The smallest absolute Gasteiger partial charge is 0.320 e. The summed E-state index contributed by atoms with van der Waals surface area (Å²) in [6, 6.07) is 0.591.